The fraction of sp³-hybridized carbons (Fsp3) is 0.462. The first kappa shape index (κ1) is 13.8. The van der Waals surface area contributed by atoms with E-state index in [0.29, 0.717) is 25.2 Å². The molecule has 17 heavy (non-hydrogen) atoms. The van der Waals surface area contributed by atoms with E-state index in [-0.39, 0.29) is 12.2 Å². The molecule has 0 N–H and O–H groups in total. The van der Waals surface area contributed by atoms with Crippen LogP contribution in [0.15, 0.2) is 18.2 Å². The molecule has 0 aliphatic carbocycles. The van der Waals surface area contributed by atoms with Crippen molar-refractivity contribution in [2.24, 2.45) is 0 Å². The monoisotopic (exact) mass is 242 g/mol. The van der Waals surface area contributed by atoms with Gasteiger partial charge in [0.2, 0.25) is 0 Å². The average Bonchev–Trinajstić information content (AvgIpc) is 2.30. The lowest BCUT2D eigenvalue weighted by atomic mass is 10.1. The third-order valence-corrected chi connectivity index (χ3v) is 2.26. The van der Waals surface area contributed by atoms with Crippen LogP contribution in [0.3, 0.4) is 0 Å². The van der Waals surface area contributed by atoms with Crippen molar-refractivity contribution in [3.8, 4) is 0 Å². The molecule has 0 fully saturated rings. The fourth-order valence-electron chi connectivity index (χ4n) is 1.40. The summed E-state index contributed by atoms with van der Waals surface area (Å²) in [7, 11) is 0. The number of rotatable bonds is 7. The fourth-order valence-corrected chi connectivity index (χ4v) is 1.40. The van der Waals surface area contributed by atoms with E-state index in [1.54, 1.807) is 0 Å². The van der Waals surface area contributed by atoms with E-state index in [9.17, 15) is 13.6 Å². The summed E-state index contributed by atoms with van der Waals surface area (Å²) >= 11 is 0. The number of carbonyl (C=O) groups excluding carboxylic acids is 1. The Labute approximate surface area is 99.6 Å². The van der Waals surface area contributed by atoms with Crippen LogP contribution in [0, 0.1) is 11.6 Å². The molecular formula is C13H16F2O2. The third kappa shape index (κ3) is 5.04. The molecule has 0 bridgehead atoms. The van der Waals surface area contributed by atoms with Gasteiger partial charge in [-0.25, -0.2) is 8.78 Å². The maximum absolute atomic E-state index is 12.9. The molecule has 1 aromatic carbocycles. The van der Waals surface area contributed by atoms with Gasteiger partial charge in [0.1, 0.15) is 5.78 Å². The zero-order chi connectivity index (χ0) is 12.7. The summed E-state index contributed by atoms with van der Waals surface area (Å²) < 4.78 is 30.7. The first-order chi connectivity index (χ1) is 8.13. The van der Waals surface area contributed by atoms with Gasteiger partial charge in [0.25, 0.3) is 0 Å². The lowest BCUT2D eigenvalue weighted by molar-refractivity contribution is -0.119. The van der Waals surface area contributed by atoms with Gasteiger partial charge in [-0.1, -0.05) is 13.0 Å². The van der Waals surface area contributed by atoms with Gasteiger partial charge < -0.3 is 4.74 Å². The van der Waals surface area contributed by atoms with Crippen molar-refractivity contribution < 1.29 is 18.3 Å². The van der Waals surface area contributed by atoms with E-state index < -0.39 is 11.6 Å². The van der Waals surface area contributed by atoms with Gasteiger partial charge in [0.05, 0.1) is 6.61 Å². The van der Waals surface area contributed by atoms with E-state index in [2.05, 4.69) is 0 Å². The van der Waals surface area contributed by atoms with Crippen molar-refractivity contribution in [2.45, 2.75) is 26.2 Å². The van der Waals surface area contributed by atoms with Crippen molar-refractivity contribution >= 4 is 5.78 Å². The summed E-state index contributed by atoms with van der Waals surface area (Å²) in [4.78, 5) is 11.5. The molecule has 0 aromatic heterocycles. The summed E-state index contributed by atoms with van der Waals surface area (Å²) in [5.41, 5.74) is 0.490. The summed E-state index contributed by atoms with van der Waals surface area (Å²) in [6.07, 6.45) is 1.34. The number of carbonyl (C=O) groups is 1. The normalized spacial score (nSPS) is 10.5. The molecule has 1 aromatic rings. The summed E-state index contributed by atoms with van der Waals surface area (Å²) in [5.74, 6) is -1.85. The van der Waals surface area contributed by atoms with Crippen LogP contribution in [0.2, 0.25) is 0 Å². The number of ether oxygens (including phenoxy) is 1. The molecule has 0 atom stereocenters. The zero-order valence-corrected chi connectivity index (χ0v) is 9.84. The molecule has 4 heteroatoms. The minimum Gasteiger partial charge on any atom is -0.381 e. The molecule has 2 nitrogen and oxygen atoms in total. The van der Waals surface area contributed by atoms with Crippen molar-refractivity contribution in [1.82, 2.24) is 0 Å². The second-order valence-electron chi connectivity index (χ2n) is 3.83. The van der Waals surface area contributed by atoms with Gasteiger partial charge in [0, 0.05) is 19.4 Å². The molecule has 0 saturated carbocycles. The highest BCUT2D eigenvalue weighted by atomic mass is 19.2. The minimum absolute atomic E-state index is 0.0351. The Morgan fingerprint density at radius 2 is 2.00 bits per heavy atom. The van der Waals surface area contributed by atoms with Crippen LogP contribution in [-0.2, 0) is 16.0 Å². The van der Waals surface area contributed by atoms with Crippen LogP contribution < -0.4 is 0 Å². The molecule has 0 radical (unpaired) electrons. The van der Waals surface area contributed by atoms with E-state index >= 15 is 0 Å². The maximum atomic E-state index is 12.9. The number of hydrogen-bond acceptors (Lipinski definition) is 2. The highest BCUT2D eigenvalue weighted by molar-refractivity contribution is 5.80. The molecule has 0 saturated heterocycles. The van der Waals surface area contributed by atoms with Gasteiger partial charge in [-0.05, 0) is 24.1 Å². The lowest BCUT2D eigenvalue weighted by Gasteiger charge is -2.03. The number of Topliss-reactive ketones (excluding diaryl/α,β-unsaturated/α-hetero) is 1. The van der Waals surface area contributed by atoms with Crippen molar-refractivity contribution in [2.75, 3.05) is 13.2 Å². The van der Waals surface area contributed by atoms with Gasteiger partial charge >= 0.3 is 0 Å². The molecule has 0 unspecified atom stereocenters. The van der Waals surface area contributed by atoms with Gasteiger partial charge in [-0.15, -0.1) is 0 Å². The topological polar surface area (TPSA) is 26.3 Å². The number of hydrogen-bond donors (Lipinski definition) is 0. The third-order valence-electron chi connectivity index (χ3n) is 2.26. The zero-order valence-electron chi connectivity index (χ0n) is 9.84. The predicted molar refractivity (Wildman–Crippen MR) is 60.8 cm³/mol. The van der Waals surface area contributed by atoms with Crippen molar-refractivity contribution in [1.29, 1.82) is 0 Å². The molecule has 0 amide bonds. The SMILES string of the molecule is CCCOCCC(=O)Cc1ccc(F)c(F)c1. The van der Waals surface area contributed by atoms with Crippen LogP contribution in [0.4, 0.5) is 8.78 Å². The first-order valence-electron chi connectivity index (χ1n) is 5.67. The Morgan fingerprint density at radius 3 is 2.65 bits per heavy atom. The van der Waals surface area contributed by atoms with Crippen molar-refractivity contribution in [3.05, 3.63) is 35.4 Å². The van der Waals surface area contributed by atoms with E-state index in [0.717, 1.165) is 18.6 Å². The summed E-state index contributed by atoms with van der Waals surface area (Å²) in [5, 5.41) is 0. The van der Waals surface area contributed by atoms with Crippen LogP contribution >= 0.6 is 0 Å². The lowest BCUT2D eigenvalue weighted by Crippen LogP contribution is -2.08. The molecule has 94 valence electrons. The van der Waals surface area contributed by atoms with Gasteiger partial charge in [-0.2, -0.15) is 0 Å². The molecule has 0 aliphatic rings. The van der Waals surface area contributed by atoms with Crippen LogP contribution in [0.25, 0.3) is 0 Å². The second kappa shape index (κ2) is 7.12. The molecule has 1 rings (SSSR count). The Bertz CT molecular complexity index is 378. The van der Waals surface area contributed by atoms with Crippen LogP contribution in [0.1, 0.15) is 25.3 Å². The largest absolute Gasteiger partial charge is 0.381 e. The standard InChI is InChI=1S/C13H16F2O2/c1-2-6-17-7-5-11(16)8-10-3-4-12(14)13(15)9-10/h3-4,9H,2,5-8H2,1H3. The van der Waals surface area contributed by atoms with Crippen molar-refractivity contribution in [3.63, 3.8) is 0 Å². The van der Waals surface area contributed by atoms with E-state index in [4.69, 9.17) is 4.74 Å². The summed E-state index contributed by atoms with van der Waals surface area (Å²) in [6, 6.07) is 3.51. The Kier molecular flexibility index (Phi) is 5.77. The van der Waals surface area contributed by atoms with Gasteiger partial charge in [-0.3, -0.25) is 4.79 Å². The van der Waals surface area contributed by atoms with Crippen LogP contribution in [0.5, 0.6) is 0 Å². The second-order valence-corrected chi connectivity index (χ2v) is 3.83. The molecular weight excluding hydrogens is 226 g/mol. The minimum atomic E-state index is -0.919. The molecule has 0 aliphatic heterocycles. The molecule has 0 spiro atoms. The summed E-state index contributed by atoms with van der Waals surface area (Å²) in [6.45, 7) is 3.01. The highest BCUT2D eigenvalue weighted by Gasteiger charge is 2.07. The van der Waals surface area contributed by atoms with E-state index in [1.807, 2.05) is 6.92 Å². The van der Waals surface area contributed by atoms with E-state index in [1.165, 1.54) is 6.07 Å². The average molecular weight is 242 g/mol. The van der Waals surface area contributed by atoms with Gasteiger partial charge in [0.15, 0.2) is 11.6 Å². The Morgan fingerprint density at radius 1 is 1.24 bits per heavy atom. The number of benzene rings is 1. The first-order valence-corrected chi connectivity index (χ1v) is 5.67. The number of ketones is 1. The predicted octanol–water partition coefficient (Wildman–Crippen LogP) is 2.89. The number of halogens is 2. The van der Waals surface area contributed by atoms with Crippen LogP contribution in [-0.4, -0.2) is 19.0 Å². The highest BCUT2D eigenvalue weighted by Crippen LogP contribution is 2.10. The Balaban J connectivity index is 2.37. The molecule has 0 heterocycles. The smallest absolute Gasteiger partial charge is 0.159 e. The maximum Gasteiger partial charge on any atom is 0.159 e. The quantitative estimate of drug-likeness (QED) is 0.687. The Hall–Kier alpha value is -1.29.